The Balaban J connectivity index is 1.99. The van der Waals surface area contributed by atoms with Crippen LogP contribution in [0.15, 0.2) is 24.5 Å². The summed E-state index contributed by atoms with van der Waals surface area (Å²) in [6.07, 6.45) is 2.73. The second-order valence-electron chi connectivity index (χ2n) is 4.27. The summed E-state index contributed by atoms with van der Waals surface area (Å²) in [6.45, 7) is 4.19. The molecule has 0 radical (unpaired) electrons. The van der Waals surface area contributed by atoms with Crippen molar-refractivity contribution >= 4 is 11.6 Å². The van der Waals surface area contributed by atoms with Gasteiger partial charge in [-0.25, -0.2) is 14.1 Å². The van der Waals surface area contributed by atoms with E-state index in [9.17, 15) is 4.39 Å². The number of aromatic nitrogens is 3. The standard InChI is InChI=1S/C13H16ClFN4/c1-2-5-16-7-13-17-9-19(18-13)8-10-3-4-11(15)6-12(10)14/h3-4,6,9,16H,2,5,7-8H2,1H3. The van der Waals surface area contributed by atoms with Gasteiger partial charge in [0.25, 0.3) is 0 Å². The lowest BCUT2D eigenvalue weighted by atomic mass is 10.2. The van der Waals surface area contributed by atoms with Gasteiger partial charge in [-0.05, 0) is 30.7 Å². The van der Waals surface area contributed by atoms with Gasteiger partial charge < -0.3 is 5.32 Å². The van der Waals surface area contributed by atoms with Crippen molar-refractivity contribution in [1.82, 2.24) is 20.1 Å². The van der Waals surface area contributed by atoms with Crippen LogP contribution in [-0.4, -0.2) is 21.3 Å². The molecule has 2 aromatic rings. The molecule has 0 bridgehead atoms. The molecule has 0 fully saturated rings. The molecular weight excluding hydrogens is 267 g/mol. The highest BCUT2D eigenvalue weighted by Crippen LogP contribution is 2.17. The van der Waals surface area contributed by atoms with Crippen LogP contribution >= 0.6 is 11.6 Å². The molecule has 0 saturated carbocycles. The molecule has 0 saturated heterocycles. The molecule has 0 atom stereocenters. The Kier molecular flexibility index (Phi) is 4.87. The second kappa shape index (κ2) is 6.63. The van der Waals surface area contributed by atoms with Gasteiger partial charge in [-0.2, -0.15) is 5.10 Å². The molecule has 1 aromatic heterocycles. The van der Waals surface area contributed by atoms with E-state index in [4.69, 9.17) is 11.6 Å². The molecular formula is C13H16ClFN4. The third-order valence-corrected chi connectivity index (χ3v) is 2.99. The molecule has 0 amide bonds. The van der Waals surface area contributed by atoms with Crippen LogP contribution in [0.25, 0.3) is 0 Å². The zero-order chi connectivity index (χ0) is 13.7. The van der Waals surface area contributed by atoms with Crippen LogP contribution in [0.1, 0.15) is 24.7 Å². The Morgan fingerprint density at radius 3 is 3.00 bits per heavy atom. The maximum absolute atomic E-state index is 12.9. The van der Waals surface area contributed by atoms with Gasteiger partial charge in [0, 0.05) is 5.02 Å². The number of benzene rings is 1. The van der Waals surface area contributed by atoms with Crippen molar-refractivity contribution in [3.05, 3.63) is 46.8 Å². The van der Waals surface area contributed by atoms with Gasteiger partial charge in [0.15, 0.2) is 5.82 Å². The first-order valence-electron chi connectivity index (χ1n) is 6.22. The highest BCUT2D eigenvalue weighted by Gasteiger charge is 2.05. The van der Waals surface area contributed by atoms with Crippen molar-refractivity contribution in [1.29, 1.82) is 0 Å². The summed E-state index contributed by atoms with van der Waals surface area (Å²) in [7, 11) is 0. The van der Waals surface area contributed by atoms with Crippen LogP contribution in [0, 0.1) is 5.82 Å². The Morgan fingerprint density at radius 2 is 2.26 bits per heavy atom. The van der Waals surface area contributed by atoms with Crippen molar-refractivity contribution in [2.24, 2.45) is 0 Å². The van der Waals surface area contributed by atoms with Crippen molar-refractivity contribution in [3.63, 3.8) is 0 Å². The molecule has 2 rings (SSSR count). The van der Waals surface area contributed by atoms with E-state index in [0.717, 1.165) is 24.4 Å². The lowest BCUT2D eigenvalue weighted by Gasteiger charge is -2.04. The Hall–Kier alpha value is -1.46. The van der Waals surface area contributed by atoms with E-state index in [1.54, 1.807) is 17.1 Å². The SMILES string of the molecule is CCCNCc1ncn(Cc2ccc(F)cc2Cl)n1. The summed E-state index contributed by atoms with van der Waals surface area (Å²) in [5.74, 6) is 0.406. The Labute approximate surface area is 116 Å². The monoisotopic (exact) mass is 282 g/mol. The van der Waals surface area contributed by atoms with Crippen LogP contribution in [0.5, 0.6) is 0 Å². The first kappa shape index (κ1) is 14.0. The van der Waals surface area contributed by atoms with Gasteiger partial charge in [0.1, 0.15) is 12.1 Å². The highest BCUT2D eigenvalue weighted by molar-refractivity contribution is 6.31. The average molecular weight is 283 g/mol. The Bertz CT molecular complexity index is 541. The molecule has 0 spiro atoms. The van der Waals surface area contributed by atoms with E-state index >= 15 is 0 Å². The zero-order valence-corrected chi connectivity index (χ0v) is 11.5. The predicted molar refractivity (Wildman–Crippen MR) is 72.5 cm³/mol. The van der Waals surface area contributed by atoms with Crippen LogP contribution in [0.4, 0.5) is 4.39 Å². The van der Waals surface area contributed by atoms with Crippen LogP contribution in [-0.2, 0) is 13.1 Å². The summed E-state index contributed by atoms with van der Waals surface area (Å²) >= 11 is 5.97. The smallest absolute Gasteiger partial charge is 0.164 e. The maximum atomic E-state index is 12.9. The van der Waals surface area contributed by atoms with E-state index in [2.05, 4.69) is 22.3 Å². The summed E-state index contributed by atoms with van der Waals surface area (Å²) in [4.78, 5) is 4.20. The molecule has 6 heteroatoms. The molecule has 1 aromatic carbocycles. The molecule has 102 valence electrons. The largest absolute Gasteiger partial charge is 0.310 e. The third kappa shape index (κ3) is 4.01. The molecule has 0 aliphatic heterocycles. The van der Waals surface area contributed by atoms with Crippen LogP contribution in [0.3, 0.4) is 0 Å². The summed E-state index contributed by atoms with van der Waals surface area (Å²) in [5.41, 5.74) is 0.820. The number of hydrogen-bond donors (Lipinski definition) is 1. The average Bonchev–Trinajstić information content (AvgIpc) is 2.81. The van der Waals surface area contributed by atoms with E-state index in [0.29, 0.717) is 18.1 Å². The highest BCUT2D eigenvalue weighted by atomic mass is 35.5. The molecule has 0 unspecified atom stereocenters. The summed E-state index contributed by atoms with van der Waals surface area (Å²) in [6, 6.07) is 4.35. The fraction of sp³-hybridized carbons (Fsp3) is 0.385. The fourth-order valence-electron chi connectivity index (χ4n) is 1.69. The van der Waals surface area contributed by atoms with Crippen LogP contribution in [0.2, 0.25) is 5.02 Å². The van der Waals surface area contributed by atoms with Gasteiger partial charge >= 0.3 is 0 Å². The molecule has 1 heterocycles. The minimum atomic E-state index is -0.336. The van der Waals surface area contributed by atoms with Gasteiger partial charge in [-0.3, -0.25) is 0 Å². The predicted octanol–water partition coefficient (Wildman–Crippen LogP) is 2.62. The number of halogens is 2. The molecule has 19 heavy (non-hydrogen) atoms. The van der Waals surface area contributed by atoms with Gasteiger partial charge in [0.2, 0.25) is 0 Å². The van der Waals surface area contributed by atoms with E-state index in [1.807, 2.05) is 0 Å². The van der Waals surface area contributed by atoms with Crippen molar-refractivity contribution in [3.8, 4) is 0 Å². The summed E-state index contributed by atoms with van der Waals surface area (Å²) in [5, 5.41) is 7.97. The Morgan fingerprint density at radius 1 is 1.42 bits per heavy atom. The fourth-order valence-corrected chi connectivity index (χ4v) is 1.92. The minimum Gasteiger partial charge on any atom is -0.310 e. The molecule has 1 N–H and O–H groups in total. The van der Waals surface area contributed by atoms with Crippen molar-refractivity contribution in [2.45, 2.75) is 26.4 Å². The van der Waals surface area contributed by atoms with Gasteiger partial charge in [-0.15, -0.1) is 0 Å². The number of hydrogen-bond acceptors (Lipinski definition) is 3. The lowest BCUT2D eigenvalue weighted by molar-refractivity contribution is 0.618. The number of nitrogens with one attached hydrogen (secondary N) is 1. The molecule has 0 aliphatic carbocycles. The number of rotatable bonds is 6. The first-order valence-corrected chi connectivity index (χ1v) is 6.60. The molecule has 0 aliphatic rings. The topological polar surface area (TPSA) is 42.7 Å². The van der Waals surface area contributed by atoms with Crippen molar-refractivity contribution in [2.75, 3.05) is 6.54 Å². The molecule has 4 nitrogen and oxygen atoms in total. The van der Waals surface area contributed by atoms with Gasteiger partial charge in [-0.1, -0.05) is 24.6 Å². The van der Waals surface area contributed by atoms with Crippen LogP contribution < -0.4 is 5.32 Å². The second-order valence-corrected chi connectivity index (χ2v) is 4.68. The summed E-state index contributed by atoms with van der Waals surface area (Å²) < 4.78 is 14.6. The van der Waals surface area contributed by atoms with Crippen molar-refractivity contribution < 1.29 is 4.39 Å². The first-order chi connectivity index (χ1) is 9.19. The van der Waals surface area contributed by atoms with E-state index in [-0.39, 0.29) is 5.82 Å². The maximum Gasteiger partial charge on any atom is 0.164 e. The van der Waals surface area contributed by atoms with E-state index in [1.165, 1.54) is 12.1 Å². The lowest BCUT2D eigenvalue weighted by Crippen LogP contribution is -2.15. The third-order valence-electron chi connectivity index (χ3n) is 2.64. The normalized spacial score (nSPS) is 10.9. The number of nitrogens with zero attached hydrogens (tertiary/aromatic N) is 3. The zero-order valence-electron chi connectivity index (χ0n) is 10.7. The minimum absolute atomic E-state index is 0.336. The van der Waals surface area contributed by atoms with Gasteiger partial charge in [0.05, 0.1) is 13.1 Å². The quantitative estimate of drug-likeness (QED) is 0.828. The van der Waals surface area contributed by atoms with E-state index < -0.39 is 0 Å².